The van der Waals surface area contributed by atoms with Crippen molar-refractivity contribution in [3.63, 3.8) is 0 Å². The first kappa shape index (κ1) is 17.7. The first-order chi connectivity index (χ1) is 13.1. The molecule has 3 heterocycles. The highest BCUT2D eigenvalue weighted by atomic mass is 32.2. The maximum absolute atomic E-state index is 12.6. The van der Waals surface area contributed by atoms with Crippen molar-refractivity contribution in [1.29, 1.82) is 0 Å². The molecule has 1 fully saturated rings. The fraction of sp³-hybridized carbons (Fsp3) is 0.353. The predicted molar refractivity (Wildman–Crippen MR) is 97.7 cm³/mol. The van der Waals surface area contributed by atoms with E-state index in [0.717, 1.165) is 18.4 Å². The van der Waals surface area contributed by atoms with Gasteiger partial charge in [0.05, 0.1) is 25.0 Å². The summed E-state index contributed by atoms with van der Waals surface area (Å²) >= 11 is 0. The molecular formula is C17H20N6O3S. The number of hydrogen-bond acceptors (Lipinski definition) is 6. The molecule has 1 N–H and O–H groups in total. The minimum absolute atomic E-state index is 0.103. The second kappa shape index (κ2) is 7.49. The third-order valence-electron chi connectivity index (χ3n) is 4.42. The average molecular weight is 388 g/mol. The molecule has 1 aromatic carbocycles. The van der Waals surface area contributed by atoms with Gasteiger partial charge < -0.3 is 4.74 Å². The first-order valence-corrected chi connectivity index (χ1v) is 10.2. The van der Waals surface area contributed by atoms with Crippen LogP contribution in [-0.4, -0.2) is 46.4 Å². The SMILES string of the molecule is O=S(=O)(Nc1cn(Cc2ccccc2)nn1)c1cnn(C2CCOCC2)c1. The fourth-order valence-electron chi connectivity index (χ4n) is 3.00. The zero-order valence-electron chi connectivity index (χ0n) is 14.6. The second-order valence-corrected chi connectivity index (χ2v) is 8.07. The van der Waals surface area contributed by atoms with Crippen LogP contribution in [0.5, 0.6) is 0 Å². The van der Waals surface area contributed by atoms with E-state index in [2.05, 4.69) is 20.1 Å². The Morgan fingerprint density at radius 2 is 1.93 bits per heavy atom. The van der Waals surface area contributed by atoms with Crippen LogP contribution in [-0.2, 0) is 21.3 Å². The van der Waals surface area contributed by atoms with Gasteiger partial charge in [-0.25, -0.2) is 13.1 Å². The van der Waals surface area contributed by atoms with Gasteiger partial charge in [0.15, 0.2) is 5.82 Å². The molecule has 1 aliphatic rings. The lowest BCUT2D eigenvalue weighted by Gasteiger charge is -2.22. The fourth-order valence-corrected chi connectivity index (χ4v) is 3.92. The summed E-state index contributed by atoms with van der Waals surface area (Å²) in [6, 6.07) is 9.91. The van der Waals surface area contributed by atoms with Gasteiger partial charge in [0.25, 0.3) is 10.0 Å². The molecular weight excluding hydrogens is 368 g/mol. The van der Waals surface area contributed by atoms with E-state index >= 15 is 0 Å². The minimum atomic E-state index is -3.77. The Hall–Kier alpha value is -2.72. The van der Waals surface area contributed by atoms with Gasteiger partial charge in [-0.05, 0) is 18.4 Å². The van der Waals surface area contributed by atoms with E-state index in [9.17, 15) is 8.42 Å². The smallest absolute Gasteiger partial charge is 0.266 e. The second-order valence-electron chi connectivity index (χ2n) is 6.39. The Morgan fingerprint density at radius 3 is 2.70 bits per heavy atom. The summed E-state index contributed by atoms with van der Waals surface area (Å²) in [5.74, 6) is 0.171. The van der Waals surface area contributed by atoms with Gasteiger partial charge in [0, 0.05) is 19.4 Å². The molecule has 0 radical (unpaired) electrons. The molecule has 1 saturated heterocycles. The van der Waals surface area contributed by atoms with Gasteiger partial charge in [0.1, 0.15) is 4.90 Å². The number of benzene rings is 1. The van der Waals surface area contributed by atoms with E-state index in [-0.39, 0.29) is 16.8 Å². The molecule has 0 atom stereocenters. The van der Waals surface area contributed by atoms with Crippen molar-refractivity contribution in [1.82, 2.24) is 24.8 Å². The number of aromatic nitrogens is 5. The van der Waals surface area contributed by atoms with Crippen molar-refractivity contribution >= 4 is 15.8 Å². The highest BCUT2D eigenvalue weighted by molar-refractivity contribution is 7.92. The van der Waals surface area contributed by atoms with Crippen molar-refractivity contribution in [2.24, 2.45) is 0 Å². The zero-order chi connectivity index (χ0) is 18.7. The standard InChI is InChI=1S/C17H20N6O3S/c24-27(25,16-10-18-23(12-16)15-6-8-26-9-7-15)20-17-13-22(21-19-17)11-14-4-2-1-3-5-14/h1-5,10,12-13,15,20H,6-9,11H2. The summed E-state index contributed by atoms with van der Waals surface area (Å²) in [4.78, 5) is 0.103. The molecule has 0 spiro atoms. The molecule has 3 aromatic rings. The Labute approximate surface area is 157 Å². The van der Waals surface area contributed by atoms with Crippen LogP contribution >= 0.6 is 0 Å². The molecule has 1 aliphatic heterocycles. The van der Waals surface area contributed by atoms with Gasteiger partial charge in [-0.3, -0.25) is 9.40 Å². The lowest BCUT2D eigenvalue weighted by atomic mass is 10.1. The topological polar surface area (TPSA) is 104 Å². The first-order valence-electron chi connectivity index (χ1n) is 8.69. The van der Waals surface area contributed by atoms with Crippen LogP contribution < -0.4 is 4.72 Å². The van der Waals surface area contributed by atoms with E-state index in [0.29, 0.717) is 19.8 Å². The number of rotatable bonds is 6. The van der Waals surface area contributed by atoms with Crippen molar-refractivity contribution < 1.29 is 13.2 Å². The lowest BCUT2D eigenvalue weighted by molar-refractivity contribution is 0.0662. The molecule has 27 heavy (non-hydrogen) atoms. The van der Waals surface area contributed by atoms with Crippen LogP contribution in [0.15, 0.2) is 53.8 Å². The third-order valence-corrected chi connectivity index (χ3v) is 5.73. The predicted octanol–water partition coefficient (Wildman–Crippen LogP) is 1.68. The van der Waals surface area contributed by atoms with E-state index < -0.39 is 10.0 Å². The van der Waals surface area contributed by atoms with E-state index in [4.69, 9.17) is 4.74 Å². The van der Waals surface area contributed by atoms with Crippen LogP contribution in [0.3, 0.4) is 0 Å². The van der Waals surface area contributed by atoms with E-state index in [1.165, 1.54) is 6.20 Å². The highest BCUT2D eigenvalue weighted by Gasteiger charge is 2.22. The average Bonchev–Trinajstić information content (AvgIpc) is 3.33. The summed E-state index contributed by atoms with van der Waals surface area (Å²) < 4.78 is 36.3. The molecule has 0 bridgehead atoms. The summed E-state index contributed by atoms with van der Waals surface area (Å²) in [5.41, 5.74) is 1.05. The monoisotopic (exact) mass is 388 g/mol. The number of nitrogens with one attached hydrogen (secondary N) is 1. The number of nitrogens with zero attached hydrogens (tertiary/aromatic N) is 5. The Kier molecular flexibility index (Phi) is 4.90. The summed E-state index contributed by atoms with van der Waals surface area (Å²) in [7, 11) is -3.77. The molecule has 0 amide bonds. The largest absolute Gasteiger partial charge is 0.381 e. The Morgan fingerprint density at radius 1 is 1.15 bits per heavy atom. The minimum Gasteiger partial charge on any atom is -0.381 e. The number of sulfonamides is 1. The normalized spacial score (nSPS) is 15.7. The van der Waals surface area contributed by atoms with Crippen LogP contribution in [0.25, 0.3) is 0 Å². The van der Waals surface area contributed by atoms with Gasteiger partial charge in [-0.1, -0.05) is 35.5 Å². The van der Waals surface area contributed by atoms with E-state index in [1.54, 1.807) is 21.8 Å². The van der Waals surface area contributed by atoms with Crippen molar-refractivity contribution in [3.8, 4) is 0 Å². The molecule has 142 valence electrons. The lowest BCUT2D eigenvalue weighted by Crippen LogP contribution is -2.20. The highest BCUT2D eigenvalue weighted by Crippen LogP contribution is 2.22. The zero-order valence-corrected chi connectivity index (χ0v) is 15.4. The Bertz CT molecular complexity index is 993. The Balaban J connectivity index is 1.45. The van der Waals surface area contributed by atoms with Crippen LogP contribution in [0.1, 0.15) is 24.4 Å². The van der Waals surface area contributed by atoms with Crippen molar-refractivity contribution in [2.75, 3.05) is 17.9 Å². The van der Waals surface area contributed by atoms with E-state index in [1.807, 2.05) is 30.3 Å². The van der Waals surface area contributed by atoms with Crippen molar-refractivity contribution in [2.45, 2.75) is 30.3 Å². The molecule has 4 rings (SSSR count). The maximum Gasteiger partial charge on any atom is 0.266 e. The molecule has 0 unspecified atom stereocenters. The number of ether oxygens (including phenoxy) is 1. The summed E-state index contributed by atoms with van der Waals surface area (Å²) in [6.07, 6.45) is 6.11. The number of anilines is 1. The maximum atomic E-state index is 12.6. The summed E-state index contributed by atoms with van der Waals surface area (Å²) in [5, 5.41) is 12.1. The third kappa shape index (κ3) is 4.17. The van der Waals surface area contributed by atoms with Crippen LogP contribution in [0.4, 0.5) is 5.82 Å². The van der Waals surface area contributed by atoms with Crippen LogP contribution in [0.2, 0.25) is 0 Å². The van der Waals surface area contributed by atoms with Gasteiger partial charge in [-0.15, -0.1) is 5.10 Å². The molecule has 10 heteroatoms. The number of hydrogen-bond donors (Lipinski definition) is 1. The molecule has 9 nitrogen and oxygen atoms in total. The molecule has 2 aromatic heterocycles. The summed E-state index contributed by atoms with van der Waals surface area (Å²) in [6.45, 7) is 1.84. The van der Waals surface area contributed by atoms with Gasteiger partial charge in [0.2, 0.25) is 0 Å². The molecule has 0 saturated carbocycles. The van der Waals surface area contributed by atoms with Crippen LogP contribution in [0, 0.1) is 0 Å². The van der Waals surface area contributed by atoms with Gasteiger partial charge >= 0.3 is 0 Å². The molecule has 0 aliphatic carbocycles. The quantitative estimate of drug-likeness (QED) is 0.689. The van der Waals surface area contributed by atoms with Gasteiger partial charge in [-0.2, -0.15) is 5.10 Å². The van der Waals surface area contributed by atoms with Crippen molar-refractivity contribution in [3.05, 3.63) is 54.5 Å².